The van der Waals surface area contributed by atoms with Gasteiger partial charge in [-0.1, -0.05) is 24.3 Å². The number of benzene rings is 2. The van der Waals surface area contributed by atoms with Crippen molar-refractivity contribution in [2.75, 3.05) is 26.3 Å². The summed E-state index contributed by atoms with van der Waals surface area (Å²) in [5, 5.41) is 18.6. The van der Waals surface area contributed by atoms with Gasteiger partial charge in [-0.15, -0.1) is 0 Å². The maximum atomic E-state index is 11.6. The zero-order valence-electron chi connectivity index (χ0n) is 23.1. The van der Waals surface area contributed by atoms with Crippen LogP contribution < -0.4 is 9.47 Å². The van der Waals surface area contributed by atoms with Crippen LogP contribution in [0, 0.1) is 11.3 Å². The molecule has 10 nitrogen and oxygen atoms in total. The molecule has 2 fully saturated rings. The van der Waals surface area contributed by atoms with Gasteiger partial charge in [-0.25, -0.2) is 14.8 Å². The summed E-state index contributed by atoms with van der Waals surface area (Å²) >= 11 is 0. The lowest BCUT2D eigenvalue weighted by Gasteiger charge is -2.35. The molecule has 7 rings (SSSR count). The molecule has 0 spiro atoms. The number of ether oxygens (including phenoxy) is 3. The Balaban J connectivity index is 1.04. The zero-order chi connectivity index (χ0) is 28.6. The van der Waals surface area contributed by atoms with E-state index in [9.17, 15) is 9.90 Å². The highest BCUT2D eigenvalue weighted by Crippen LogP contribution is 2.44. The number of carboxylic acid groups (broad SMARTS) is 1. The summed E-state index contributed by atoms with van der Waals surface area (Å²) in [4.78, 5) is 23.2. The Hall–Kier alpha value is -4.46. The Morgan fingerprint density at radius 1 is 1.05 bits per heavy atom. The van der Waals surface area contributed by atoms with Crippen molar-refractivity contribution in [3.8, 4) is 17.6 Å². The van der Waals surface area contributed by atoms with Crippen LogP contribution in [0.1, 0.15) is 64.3 Å². The van der Waals surface area contributed by atoms with E-state index in [4.69, 9.17) is 24.5 Å². The van der Waals surface area contributed by atoms with Gasteiger partial charge in [0.25, 0.3) is 0 Å². The third kappa shape index (κ3) is 5.06. The first kappa shape index (κ1) is 26.4. The van der Waals surface area contributed by atoms with Gasteiger partial charge in [0.05, 0.1) is 30.8 Å². The average molecular weight is 566 g/mol. The molecule has 0 bridgehead atoms. The van der Waals surface area contributed by atoms with Gasteiger partial charge >= 0.3 is 5.97 Å². The van der Waals surface area contributed by atoms with Gasteiger partial charge < -0.3 is 23.9 Å². The van der Waals surface area contributed by atoms with Gasteiger partial charge in [0.15, 0.2) is 28.9 Å². The average Bonchev–Trinajstić information content (AvgIpc) is 3.34. The molecular weight excluding hydrogens is 534 g/mol. The minimum absolute atomic E-state index is 0.0196. The molecule has 1 N–H and O–H groups in total. The van der Waals surface area contributed by atoms with E-state index in [0.717, 1.165) is 61.8 Å². The molecule has 2 aromatic heterocycles. The first-order chi connectivity index (χ1) is 20.6. The summed E-state index contributed by atoms with van der Waals surface area (Å²) in [6, 6.07) is 19.0. The van der Waals surface area contributed by atoms with E-state index < -0.39 is 5.97 Å². The zero-order valence-corrected chi connectivity index (χ0v) is 23.1. The Morgan fingerprint density at radius 3 is 2.57 bits per heavy atom. The standard InChI is InChI=1S/C32H31N5O5/c33-16-20-4-6-22(7-5-20)28-19-41-30-24(2-1-3-27(30)42-28)21-10-13-36(14-11-21)18-29-34-25-8-9-26(32(38)39)35-31(25)37(29)17-23-12-15-40-23/h1-9,21,23,28H,10-15,17-19H2,(H,38,39). The minimum atomic E-state index is -1.05. The summed E-state index contributed by atoms with van der Waals surface area (Å²) in [5.41, 5.74) is 4.12. The number of pyridine rings is 1. The number of aromatic carboxylic acids is 1. The predicted molar refractivity (Wildman–Crippen MR) is 153 cm³/mol. The molecule has 3 aliphatic heterocycles. The van der Waals surface area contributed by atoms with E-state index in [1.807, 2.05) is 28.8 Å². The molecule has 3 aliphatic rings. The van der Waals surface area contributed by atoms with E-state index in [0.29, 0.717) is 42.3 Å². The van der Waals surface area contributed by atoms with Crippen LogP contribution >= 0.6 is 0 Å². The van der Waals surface area contributed by atoms with E-state index >= 15 is 0 Å². The lowest BCUT2D eigenvalue weighted by atomic mass is 9.88. The fourth-order valence-corrected chi connectivity index (χ4v) is 6.10. The summed E-state index contributed by atoms with van der Waals surface area (Å²) in [5.74, 6) is 1.79. The second-order valence-electron chi connectivity index (χ2n) is 11.1. The van der Waals surface area contributed by atoms with Crippen molar-refractivity contribution in [3.05, 3.63) is 82.8 Å². The smallest absolute Gasteiger partial charge is 0.354 e. The van der Waals surface area contributed by atoms with Crippen molar-refractivity contribution >= 4 is 17.1 Å². The van der Waals surface area contributed by atoms with E-state index in [2.05, 4.69) is 22.0 Å². The van der Waals surface area contributed by atoms with E-state index in [1.165, 1.54) is 11.6 Å². The topological polar surface area (TPSA) is 123 Å². The van der Waals surface area contributed by atoms with Gasteiger partial charge in [-0.2, -0.15) is 5.26 Å². The fraction of sp³-hybridized carbons (Fsp3) is 0.375. The van der Waals surface area contributed by atoms with Crippen molar-refractivity contribution in [1.29, 1.82) is 5.26 Å². The first-order valence-electron chi connectivity index (χ1n) is 14.4. The molecule has 10 heteroatoms. The summed E-state index contributed by atoms with van der Waals surface area (Å²) < 4.78 is 20.4. The number of carboxylic acids is 1. The summed E-state index contributed by atoms with van der Waals surface area (Å²) in [7, 11) is 0. The number of likely N-dealkylation sites (tertiary alicyclic amines) is 1. The highest BCUT2D eigenvalue weighted by Gasteiger charge is 2.30. The van der Waals surface area contributed by atoms with Crippen LogP contribution in [-0.2, 0) is 17.8 Å². The van der Waals surface area contributed by atoms with Crippen LogP contribution in [0.25, 0.3) is 11.2 Å². The molecular formula is C32H31N5O5. The summed E-state index contributed by atoms with van der Waals surface area (Å²) in [6.07, 6.45) is 2.82. The number of aromatic nitrogens is 3. The minimum Gasteiger partial charge on any atom is -0.485 e. The lowest BCUT2D eigenvalue weighted by Crippen LogP contribution is -2.35. The Labute approximate surface area is 243 Å². The fourth-order valence-electron chi connectivity index (χ4n) is 6.10. The number of piperidine rings is 1. The normalized spacial score (nSPS) is 20.6. The van der Waals surface area contributed by atoms with Crippen molar-refractivity contribution in [2.24, 2.45) is 0 Å². The van der Waals surface area contributed by atoms with Crippen LogP contribution in [0.3, 0.4) is 0 Å². The highest BCUT2D eigenvalue weighted by atomic mass is 16.6. The molecule has 2 saturated heterocycles. The molecule has 42 heavy (non-hydrogen) atoms. The summed E-state index contributed by atoms with van der Waals surface area (Å²) in [6.45, 7) is 4.27. The van der Waals surface area contributed by atoms with Crippen LogP contribution in [0.15, 0.2) is 54.6 Å². The number of hydrogen-bond acceptors (Lipinski definition) is 8. The number of fused-ring (bicyclic) bond motifs is 2. The van der Waals surface area contributed by atoms with Crippen LogP contribution in [-0.4, -0.2) is 62.9 Å². The van der Waals surface area contributed by atoms with Crippen molar-refractivity contribution in [1.82, 2.24) is 19.4 Å². The molecule has 4 aromatic rings. The molecule has 0 saturated carbocycles. The Bertz CT molecular complexity index is 1670. The number of imidazole rings is 1. The van der Waals surface area contributed by atoms with Gasteiger partial charge in [0, 0.05) is 12.2 Å². The quantitative estimate of drug-likeness (QED) is 0.340. The Morgan fingerprint density at radius 2 is 1.86 bits per heavy atom. The number of carbonyl (C=O) groups is 1. The van der Waals surface area contributed by atoms with Crippen molar-refractivity contribution in [3.63, 3.8) is 0 Å². The molecule has 0 amide bonds. The molecule has 2 unspecified atom stereocenters. The largest absolute Gasteiger partial charge is 0.485 e. The highest BCUT2D eigenvalue weighted by molar-refractivity contribution is 5.88. The van der Waals surface area contributed by atoms with Crippen molar-refractivity contribution in [2.45, 2.75) is 50.5 Å². The van der Waals surface area contributed by atoms with Gasteiger partial charge in [0.1, 0.15) is 17.9 Å². The number of nitriles is 1. The Kier molecular flexibility index (Phi) is 6.98. The predicted octanol–water partition coefficient (Wildman–Crippen LogP) is 4.68. The van der Waals surface area contributed by atoms with E-state index in [-0.39, 0.29) is 17.9 Å². The molecule has 214 valence electrons. The number of hydrogen-bond donors (Lipinski definition) is 1. The number of rotatable bonds is 7. The molecule has 2 aromatic carbocycles. The SMILES string of the molecule is N#Cc1ccc(C2COc3c(cccc3C3CCN(Cc4nc5ccc(C(=O)O)nc5n4CC4CCO4)CC3)O2)cc1. The second-order valence-corrected chi connectivity index (χ2v) is 11.1. The monoisotopic (exact) mass is 565 g/mol. The third-order valence-electron chi connectivity index (χ3n) is 8.53. The lowest BCUT2D eigenvalue weighted by molar-refractivity contribution is -0.0593. The molecule has 0 radical (unpaired) electrons. The third-order valence-corrected chi connectivity index (χ3v) is 8.53. The van der Waals surface area contributed by atoms with Crippen molar-refractivity contribution < 1.29 is 24.1 Å². The molecule has 2 atom stereocenters. The van der Waals surface area contributed by atoms with E-state index in [1.54, 1.807) is 18.2 Å². The first-order valence-corrected chi connectivity index (χ1v) is 14.4. The van der Waals surface area contributed by atoms with Crippen LogP contribution in [0.5, 0.6) is 11.5 Å². The van der Waals surface area contributed by atoms with Gasteiger partial charge in [-0.3, -0.25) is 4.90 Å². The number of para-hydroxylation sites is 1. The van der Waals surface area contributed by atoms with Gasteiger partial charge in [-0.05, 0) is 74.2 Å². The van der Waals surface area contributed by atoms with Gasteiger partial charge in [0.2, 0.25) is 0 Å². The maximum absolute atomic E-state index is 11.6. The van der Waals surface area contributed by atoms with Crippen LogP contribution in [0.4, 0.5) is 0 Å². The number of nitrogens with zero attached hydrogens (tertiary/aromatic N) is 5. The second kappa shape index (κ2) is 11.1. The maximum Gasteiger partial charge on any atom is 0.354 e. The molecule has 5 heterocycles. The molecule has 0 aliphatic carbocycles. The van der Waals surface area contributed by atoms with Crippen LogP contribution in [0.2, 0.25) is 0 Å².